The second-order valence-electron chi connectivity index (χ2n) is 4.04. The van der Waals surface area contributed by atoms with Gasteiger partial charge in [0.25, 0.3) is 0 Å². The maximum atomic E-state index is 12.4. The number of rotatable bonds is 2. The highest BCUT2D eigenvalue weighted by molar-refractivity contribution is 5.90. The second kappa shape index (κ2) is 4.58. The molecule has 0 aromatic carbocycles. The molecule has 106 valence electrons. The van der Waals surface area contributed by atoms with Gasteiger partial charge in [0.15, 0.2) is 11.5 Å². The number of aromatic nitrogens is 4. The van der Waals surface area contributed by atoms with Gasteiger partial charge >= 0.3 is 12.1 Å². The molecule has 0 amide bonds. The van der Waals surface area contributed by atoms with Crippen LogP contribution in [0.5, 0.6) is 0 Å². The summed E-state index contributed by atoms with van der Waals surface area (Å²) in [5.41, 5.74) is -0.617. The second-order valence-corrected chi connectivity index (χ2v) is 4.04. The van der Waals surface area contributed by atoms with Crippen LogP contribution >= 0.6 is 0 Å². The summed E-state index contributed by atoms with van der Waals surface area (Å²) in [5.74, 6) is -1.14. The molecular formula is C11H9F3N4O2. The summed E-state index contributed by atoms with van der Waals surface area (Å²) >= 11 is 0. The van der Waals surface area contributed by atoms with E-state index < -0.39 is 17.8 Å². The number of aryl methyl sites for hydroxylation is 1. The largest absolute Gasteiger partial charge is 0.478 e. The van der Waals surface area contributed by atoms with Gasteiger partial charge in [-0.3, -0.25) is 0 Å². The molecule has 0 aliphatic rings. The minimum absolute atomic E-state index is 0.00769. The Hall–Kier alpha value is -2.45. The monoisotopic (exact) mass is 286 g/mol. The van der Waals surface area contributed by atoms with Crippen molar-refractivity contribution in [2.75, 3.05) is 0 Å². The first-order valence-corrected chi connectivity index (χ1v) is 5.42. The highest BCUT2D eigenvalue weighted by atomic mass is 19.4. The Kier molecular flexibility index (Phi) is 3.20. The van der Waals surface area contributed by atoms with Crippen LogP contribution in [-0.2, 0) is 6.18 Å². The van der Waals surface area contributed by atoms with Gasteiger partial charge in [-0.1, -0.05) is 0 Å². The lowest BCUT2D eigenvalue weighted by atomic mass is 10.2. The van der Waals surface area contributed by atoms with Gasteiger partial charge in [-0.05, 0) is 26.0 Å². The summed E-state index contributed by atoms with van der Waals surface area (Å²) in [5, 5.41) is 19.5. The Morgan fingerprint density at radius 1 is 1.25 bits per heavy atom. The lowest BCUT2D eigenvalue weighted by Crippen LogP contribution is -2.11. The summed E-state index contributed by atoms with van der Waals surface area (Å²) in [6.07, 6.45) is -4.58. The van der Waals surface area contributed by atoms with E-state index in [0.29, 0.717) is 0 Å². The maximum Gasteiger partial charge on any atom is 0.435 e. The molecule has 0 bridgehead atoms. The molecule has 9 heteroatoms. The van der Waals surface area contributed by atoms with Gasteiger partial charge in [-0.15, -0.1) is 10.2 Å². The van der Waals surface area contributed by atoms with Crippen LogP contribution in [-0.4, -0.2) is 31.1 Å². The Morgan fingerprint density at radius 3 is 2.30 bits per heavy atom. The molecule has 0 unspecified atom stereocenters. The third-order valence-corrected chi connectivity index (χ3v) is 2.66. The summed E-state index contributed by atoms with van der Waals surface area (Å²) in [4.78, 5) is 11.0. The number of halogens is 3. The van der Waals surface area contributed by atoms with E-state index in [2.05, 4.69) is 15.3 Å². The van der Waals surface area contributed by atoms with Crippen LogP contribution in [0.2, 0.25) is 0 Å². The first-order valence-electron chi connectivity index (χ1n) is 5.42. The molecule has 0 fully saturated rings. The summed E-state index contributed by atoms with van der Waals surface area (Å²) < 4.78 is 38.3. The van der Waals surface area contributed by atoms with E-state index in [-0.39, 0.29) is 22.8 Å². The molecule has 20 heavy (non-hydrogen) atoms. The number of alkyl halides is 3. The van der Waals surface area contributed by atoms with E-state index in [1.54, 1.807) is 0 Å². The number of aromatic carboxylic acids is 1. The SMILES string of the molecule is Cc1nn(-c2ccc(C(F)(F)F)nn2)c(C)c1C(=O)O. The van der Waals surface area contributed by atoms with Gasteiger partial charge < -0.3 is 5.11 Å². The van der Waals surface area contributed by atoms with Gasteiger partial charge in [-0.2, -0.15) is 18.3 Å². The lowest BCUT2D eigenvalue weighted by molar-refractivity contribution is -0.141. The predicted molar refractivity (Wildman–Crippen MR) is 60.6 cm³/mol. The van der Waals surface area contributed by atoms with Crippen molar-refractivity contribution < 1.29 is 23.1 Å². The van der Waals surface area contributed by atoms with E-state index in [0.717, 1.165) is 16.8 Å². The van der Waals surface area contributed by atoms with E-state index >= 15 is 0 Å². The van der Waals surface area contributed by atoms with Crippen LogP contribution in [0.15, 0.2) is 12.1 Å². The fourth-order valence-electron chi connectivity index (χ4n) is 1.76. The third-order valence-electron chi connectivity index (χ3n) is 2.66. The molecule has 2 aromatic heterocycles. The van der Waals surface area contributed by atoms with Crippen molar-refractivity contribution >= 4 is 5.97 Å². The van der Waals surface area contributed by atoms with Crippen LogP contribution in [0.1, 0.15) is 27.4 Å². The van der Waals surface area contributed by atoms with Crippen LogP contribution in [0, 0.1) is 13.8 Å². The number of hydrogen-bond acceptors (Lipinski definition) is 4. The molecule has 2 aromatic rings. The van der Waals surface area contributed by atoms with Crippen molar-refractivity contribution in [1.82, 2.24) is 20.0 Å². The molecule has 0 saturated carbocycles. The molecule has 6 nitrogen and oxygen atoms in total. The molecule has 2 heterocycles. The van der Waals surface area contributed by atoms with Crippen molar-refractivity contribution in [3.8, 4) is 5.82 Å². The first-order chi connectivity index (χ1) is 9.21. The van der Waals surface area contributed by atoms with Crippen LogP contribution in [0.3, 0.4) is 0 Å². The van der Waals surface area contributed by atoms with Crippen LogP contribution in [0.25, 0.3) is 5.82 Å². The lowest BCUT2D eigenvalue weighted by Gasteiger charge is -2.06. The van der Waals surface area contributed by atoms with Crippen molar-refractivity contribution in [2.45, 2.75) is 20.0 Å². The highest BCUT2D eigenvalue weighted by Gasteiger charge is 2.33. The summed E-state index contributed by atoms with van der Waals surface area (Å²) in [6.45, 7) is 2.98. The predicted octanol–water partition coefficient (Wildman–Crippen LogP) is 2.00. The Labute approximate surface area is 110 Å². The van der Waals surface area contributed by atoms with Crippen molar-refractivity contribution in [2.24, 2.45) is 0 Å². The highest BCUT2D eigenvalue weighted by Crippen LogP contribution is 2.27. The van der Waals surface area contributed by atoms with Crippen LogP contribution in [0.4, 0.5) is 13.2 Å². The maximum absolute atomic E-state index is 12.4. The van der Waals surface area contributed by atoms with Gasteiger partial charge in [0.05, 0.1) is 11.4 Å². The van der Waals surface area contributed by atoms with Gasteiger partial charge in [0.2, 0.25) is 0 Å². The average Bonchev–Trinajstić information content (AvgIpc) is 2.64. The van der Waals surface area contributed by atoms with Gasteiger partial charge in [0.1, 0.15) is 5.56 Å². The summed E-state index contributed by atoms with van der Waals surface area (Å²) in [6, 6.07) is 1.85. The molecule has 0 atom stereocenters. The first kappa shape index (κ1) is 14.0. The standard InChI is InChI=1S/C11H9F3N4O2/c1-5-9(10(19)20)6(2)18(17-5)8-4-3-7(15-16-8)11(12,13)14/h3-4H,1-2H3,(H,19,20). The fourth-order valence-corrected chi connectivity index (χ4v) is 1.76. The van der Waals surface area contributed by atoms with Crippen molar-refractivity contribution in [3.63, 3.8) is 0 Å². The molecule has 0 saturated heterocycles. The number of carboxylic acids is 1. The van der Waals surface area contributed by atoms with E-state index in [9.17, 15) is 18.0 Å². The Balaban J connectivity index is 2.48. The fraction of sp³-hybridized carbons (Fsp3) is 0.273. The quantitative estimate of drug-likeness (QED) is 0.913. The van der Waals surface area contributed by atoms with Crippen LogP contribution < -0.4 is 0 Å². The third kappa shape index (κ3) is 2.33. The molecule has 0 aliphatic carbocycles. The Morgan fingerprint density at radius 2 is 1.90 bits per heavy atom. The molecule has 2 rings (SSSR count). The van der Waals surface area contributed by atoms with Gasteiger partial charge in [-0.25, -0.2) is 9.48 Å². The normalized spacial score (nSPS) is 11.7. The zero-order valence-electron chi connectivity index (χ0n) is 10.4. The number of nitrogens with zero attached hydrogens (tertiary/aromatic N) is 4. The topological polar surface area (TPSA) is 80.9 Å². The smallest absolute Gasteiger partial charge is 0.435 e. The van der Waals surface area contributed by atoms with Crippen molar-refractivity contribution in [1.29, 1.82) is 0 Å². The molecule has 1 N–H and O–H groups in total. The minimum atomic E-state index is -4.58. The Bertz CT molecular complexity index is 662. The van der Waals surface area contributed by atoms with E-state index in [1.807, 2.05) is 0 Å². The van der Waals surface area contributed by atoms with Gasteiger partial charge in [0, 0.05) is 0 Å². The zero-order chi connectivity index (χ0) is 15.1. The minimum Gasteiger partial charge on any atom is -0.478 e. The summed E-state index contributed by atoms with van der Waals surface area (Å²) in [7, 11) is 0. The number of hydrogen-bond donors (Lipinski definition) is 1. The van der Waals surface area contributed by atoms with E-state index in [1.165, 1.54) is 13.8 Å². The zero-order valence-corrected chi connectivity index (χ0v) is 10.4. The number of carboxylic acid groups (broad SMARTS) is 1. The average molecular weight is 286 g/mol. The molecular weight excluding hydrogens is 277 g/mol. The molecule has 0 radical (unpaired) electrons. The van der Waals surface area contributed by atoms with E-state index in [4.69, 9.17) is 5.11 Å². The molecule has 0 spiro atoms. The number of carbonyl (C=O) groups is 1. The molecule has 0 aliphatic heterocycles. The van der Waals surface area contributed by atoms with Crippen molar-refractivity contribution in [3.05, 3.63) is 34.8 Å².